The third-order valence-electron chi connectivity index (χ3n) is 14.3. The van der Waals surface area contributed by atoms with Crippen molar-refractivity contribution in [1.29, 1.82) is 0 Å². The lowest BCUT2D eigenvalue weighted by Gasteiger charge is -2.57. The van der Waals surface area contributed by atoms with Crippen LogP contribution < -0.4 is 4.90 Å². The van der Waals surface area contributed by atoms with Gasteiger partial charge in [0.05, 0.1) is 22.4 Å². The van der Waals surface area contributed by atoms with Gasteiger partial charge in [0.2, 0.25) is 0 Å². The summed E-state index contributed by atoms with van der Waals surface area (Å²) in [6, 6.07) is 60.6. The Kier molecular flexibility index (Phi) is 6.62. The molecule has 3 heteroatoms. The number of para-hydroxylation sites is 2. The molecular formula is C54H42N2O. The van der Waals surface area contributed by atoms with Gasteiger partial charge in [0, 0.05) is 49.1 Å². The Bertz CT molecular complexity index is 3200. The lowest BCUT2D eigenvalue weighted by Crippen LogP contribution is -2.48. The molecule has 0 radical (unpaired) electrons. The number of hydrogen-bond donors (Lipinski definition) is 0. The zero-order valence-corrected chi connectivity index (χ0v) is 31.9. The van der Waals surface area contributed by atoms with Gasteiger partial charge in [-0.05, 0) is 121 Å². The van der Waals surface area contributed by atoms with Crippen molar-refractivity contribution >= 4 is 82.4 Å². The zero-order valence-electron chi connectivity index (χ0n) is 31.9. The van der Waals surface area contributed by atoms with Crippen molar-refractivity contribution in [3.8, 4) is 5.69 Å². The second-order valence-corrected chi connectivity index (χ2v) is 17.5. The van der Waals surface area contributed by atoms with Crippen LogP contribution >= 0.6 is 0 Å². The molecule has 2 heterocycles. The van der Waals surface area contributed by atoms with Crippen LogP contribution in [-0.2, 0) is 5.41 Å². The molecule has 8 aromatic carbocycles. The molecule has 14 rings (SSSR count). The van der Waals surface area contributed by atoms with Gasteiger partial charge in [-0.15, -0.1) is 0 Å². The fourth-order valence-electron chi connectivity index (χ4n) is 12.5. The summed E-state index contributed by atoms with van der Waals surface area (Å²) in [5, 5.41) is 9.85. The van der Waals surface area contributed by atoms with Crippen LogP contribution in [-0.4, -0.2) is 4.57 Å². The van der Waals surface area contributed by atoms with Gasteiger partial charge in [0.25, 0.3) is 0 Å². The second-order valence-electron chi connectivity index (χ2n) is 17.5. The summed E-state index contributed by atoms with van der Waals surface area (Å²) in [6.45, 7) is 0. The molecule has 274 valence electrons. The summed E-state index contributed by atoms with van der Waals surface area (Å²) in [7, 11) is 0. The largest absolute Gasteiger partial charge is 0.455 e. The summed E-state index contributed by atoms with van der Waals surface area (Å²) in [5.74, 6) is 2.60. The maximum atomic E-state index is 7.02. The Balaban J connectivity index is 1.13. The van der Waals surface area contributed by atoms with Crippen LogP contribution in [0.4, 0.5) is 17.1 Å². The van der Waals surface area contributed by atoms with Gasteiger partial charge in [-0.3, -0.25) is 0 Å². The number of rotatable bonds is 5. The van der Waals surface area contributed by atoms with Gasteiger partial charge in [-0.2, -0.15) is 0 Å². The normalized spacial score (nSPS) is 21.5. The number of nitrogens with zero attached hydrogens (tertiary/aromatic N) is 2. The summed E-state index contributed by atoms with van der Waals surface area (Å²) in [6.07, 6.45) is 8.27. The number of furan rings is 1. The number of benzene rings is 8. The molecule has 2 aromatic heterocycles. The van der Waals surface area contributed by atoms with Gasteiger partial charge in [0.1, 0.15) is 11.2 Å². The van der Waals surface area contributed by atoms with Crippen molar-refractivity contribution in [3.05, 3.63) is 169 Å². The van der Waals surface area contributed by atoms with Crippen molar-refractivity contribution in [2.75, 3.05) is 4.90 Å². The fraction of sp³-hybridized carbons (Fsp3) is 0.185. The first-order valence-electron chi connectivity index (χ1n) is 20.9. The van der Waals surface area contributed by atoms with Gasteiger partial charge in [-0.25, -0.2) is 0 Å². The maximum absolute atomic E-state index is 7.02. The molecule has 57 heavy (non-hydrogen) atoms. The van der Waals surface area contributed by atoms with Crippen molar-refractivity contribution < 1.29 is 4.42 Å². The van der Waals surface area contributed by atoms with E-state index in [1.807, 2.05) is 0 Å². The standard InChI is InChI=1S/C54H42N2O/c1-2-14-38(15-3-1)55-48-21-9-8-17-41(48)43-25-24-39(29-49(43)55)56(47-22-10-13-37-12-4-5-16-40(37)47)50-30-45-52-46(54-31-34-26-35(32-54)28-36(27-34)33-54)20-11-23-51(52)57-53(45)44-19-7-6-18-42(44)50/h1-25,29-30,34-36H,26-28,31-33H2. The minimum absolute atomic E-state index is 0.238. The smallest absolute Gasteiger partial charge is 0.143 e. The molecule has 0 unspecified atom stereocenters. The van der Waals surface area contributed by atoms with E-state index in [2.05, 4.69) is 173 Å². The van der Waals surface area contributed by atoms with Gasteiger partial charge in [0.15, 0.2) is 0 Å². The molecule has 0 saturated heterocycles. The van der Waals surface area contributed by atoms with Crippen molar-refractivity contribution in [2.24, 2.45) is 17.8 Å². The third-order valence-corrected chi connectivity index (χ3v) is 14.3. The van der Waals surface area contributed by atoms with E-state index in [0.29, 0.717) is 0 Å². The van der Waals surface area contributed by atoms with Gasteiger partial charge >= 0.3 is 0 Å². The Morgan fingerprint density at radius 2 is 1.14 bits per heavy atom. The third kappa shape index (κ3) is 4.60. The molecular weight excluding hydrogens is 693 g/mol. The Morgan fingerprint density at radius 1 is 0.491 bits per heavy atom. The first kappa shape index (κ1) is 31.8. The molecule has 0 atom stereocenters. The van der Waals surface area contributed by atoms with E-state index in [-0.39, 0.29) is 5.41 Å². The molecule has 4 aliphatic rings. The van der Waals surface area contributed by atoms with Gasteiger partial charge < -0.3 is 13.9 Å². The fourth-order valence-corrected chi connectivity index (χ4v) is 12.5. The minimum Gasteiger partial charge on any atom is -0.455 e. The number of aromatic nitrogens is 1. The predicted molar refractivity (Wildman–Crippen MR) is 238 cm³/mol. The molecule has 0 N–H and O–H groups in total. The summed E-state index contributed by atoms with van der Waals surface area (Å²) < 4.78 is 9.45. The van der Waals surface area contributed by atoms with E-state index in [0.717, 1.165) is 51.4 Å². The van der Waals surface area contributed by atoms with E-state index < -0.39 is 0 Å². The van der Waals surface area contributed by atoms with Crippen LogP contribution in [0.1, 0.15) is 44.1 Å². The first-order valence-corrected chi connectivity index (χ1v) is 20.9. The molecule has 4 fully saturated rings. The summed E-state index contributed by atoms with van der Waals surface area (Å²) in [5.41, 5.74) is 10.8. The first-order chi connectivity index (χ1) is 28.2. The molecule has 10 aromatic rings. The van der Waals surface area contributed by atoms with E-state index in [1.165, 1.54) is 98.5 Å². The predicted octanol–water partition coefficient (Wildman–Crippen LogP) is 14.9. The SMILES string of the molecule is c1ccc(-n2c3ccccc3c3ccc(N(c4cccc5ccccc45)c4cc5c(oc6cccc(C78CC9CC(CC(C9)C7)C8)c65)c5ccccc45)cc32)cc1. The molecule has 0 spiro atoms. The lowest BCUT2D eigenvalue weighted by atomic mass is 9.48. The summed E-state index contributed by atoms with van der Waals surface area (Å²) in [4.78, 5) is 2.53. The minimum atomic E-state index is 0.238. The summed E-state index contributed by atoms with van der Waals surface area (Å²) >= 11 is 0. The average molecular weight is 735 g/mol. The second kappa shape index (κ2) is 11.8. The van der Waals surface area contributed by atoms with Crippen LogP contribution in [0.15, 0.2) is 168 Å². The van der Waals surface area contributed by atoms with E-state index in [9.17, 15) is 0 Å². The monoisotopic (exact) mass is 734 g/mol. The molecule has 3 nitrogen and oxygen atoms in total. The van der Waals surface area contributed by atoms with Crippen molar-refractivity contribution in [3.63, 3.8) is 0 Å². The Morgan fingerprint density at radius 3 is 1.95 bits per heavy atom. The highest BCUT2D eigenvalue weighted by Gasteiger charge is 2.52. The van der Waals surface area contributed by atoms with Crippen LogP contribution in [0.5, 0.6) is 0 Å². The highest BCUT2D eigenvalue weighted by atomic mass is 16.3. The average Bonchev–Trinajstić information content (AvgIpc) is 3.79. The highest BCUT2D eigenvalue weighted by molar-refractivity contribution is 6.21. The number of fused-ring (bicyclic) bond motifs is 9. The topological polar surface area (TPSA) is 21.3 Å². The Hall–Kier alpha value is -6.32. The molecule has 4 saturated carbocycles. The Labute approximate surface area is 331 Å². The molecule has 4 bridgehead atoms. The van der Waals surface area contributed by atoms with E-state index >= 15 is 0 Å². The van der Waals surface area contributed by atoms with Crippen LogP contribution in [0.25, 0.3) is 71.0 Å². The maximum Gasteiger partial charge on any atom is 0.143 e. The zero-order chi connectivity index (χ0) is 37.2. The number of anilines is 3. The molecule has 4 aliphatic carbocycles. The van der Waals surface area contributed by atoms with Crippen LogP contribution in [0.3, 0.4) is 0 Å². The van der Waals surface area contributed by atoms with Gasteiger partial charge in [-0.1, -0.05) is 115 Å². The van der Waals surface area contributed by atoms with E-state index in [1.54, 1.807) is 0 Å². The number of hydrogen-bond acceptors (Lipinski definition) is 2. The molecule has 0 aliphatic heterocycles. The lowest BCUT2D eigenvalue weighted by molar-refractivity contribution is -0.00448. The van der Waals surface area contributed by atoms with Crippen molar-refractivity contribution in [2.45, 2.75) is 43.9 Å². The quantitative estimate of drug-likeness (QED) is 0.176. The van der Waals surface area contributed by atoms with Crippen LogP contribution in [0.2, 0.25) is 0 Å². The highest BCUT2D eigenvalue weighted by Crippen LogP contribution is 2.62. The van der Waals surface area contributed by atoms with Crippen molar-refractivity contribution in [1.82, 2.24) is 4.57 Å². The van der Waals surface area contributed by atoms with E-state index in [4.69, 9.17) is 4.42 Å². The molecule has 0 amide bonds. The van der Waals surface area contributed by atoms with Crippen LogP contribution in [0, 0.1) is 17.8 Å².